The van der Waals surface area contributed by atoms with Crippen LogP contribution in [0.15, 0.2) is 42.5 Å². The highest BCUT2D eigenvalue weighted by molar-refractivity contribution is 5.83. The molecule has 1 aliphatic rings. The second kappa shape index (κ2) is 6.48. The summed E-state index contributed by atoms with van der Waals surface area (Å²) in [7, 11) is 0. The number of rotatable bonds is 4. The topological polar surface area (TPSA) is 35.2 Å². The first kappa shape index (κ1) is 14.4. The van der Waals surface area contributed by atoms with Gasteiger partial charge in [-0.05, 0) is 54.6 Å². The van der Waals surface area contributed by atoms with Gasteiger partial charge >= 0.3 is 0 Å². The summed E-state index contributed by atoms with van der Waals surface area (Å²) in [5.41, 5.74) is 5.94. The monoisotopic (exact) mass is 283 g/mol. The van der Waals surface area contributed by atoms with Crippen molar-refractivity contribution in [3.8, 4) is 5.75 Å². The zero-order valence-corrected chi connectivity index (χ0v) is 12.8. The van der Waals surface area contributed by atoms with E-state index in [-0.39, 0.29) is 6.10 Å². The molecule has 0 aromatic heterocycles. The van der Waals surface area contributed by atoms with Crippen LogP contribution in [-0.2, 0) is 0 Å². The Morgan fingerprint density at radius 3 is 2.67 bits per heavy atom. The molecule has 2 N–H and O–H groups in total. The fraction of sp³-hybridized carbons (Fsp3) is 0.474. The predicted octanol–water partition coefficient (Wildman–Crippen LogP) is 4.37. The molecule has 3 rings (SSSR count). The summed E-state index contributed by atoms with van der Waals surface area (Å²) in [6.45, 7) is 3.01. The van der Waals surface area contributed by atoms with Gasteiger partial charge in [0.1, 0.15) is 11.9 Å². The maximum atomic E-state index is 6.32. The maximum absolute atomic E-state index is 6.32. The van der Waals surface area contributed by atoms with Crippen molar-refractivity contribution in [2.75, 3.05) is 6.54 Å². The molecular formula is C19H25NO. The van der Waals surface area contributed by atoms with Gasteiger partial charge in [0.2, 0.25) is 0 Å². The second-order valence-electron chi connectivity index (χ2n) is 6.25. The minimum Gasteiger partial charge on any atom is -0.490 e. The highest BCUT2D eigenvalue weighted by Gasteiger charge is 2.30. The lowest BCUT2D eigenvalue weighted by Crippen LogP contribution is -2.38. The first-order chi connectivity index (χ1) is 10.3. The molecule has 2 heteroatoms. The normalized spacial score (nSPS) is 25.9. The highest BCUT2D eigenvalue weighted by Crippen LogP contribution is 2.33. The summed E-state index contributed by atoms with van der Waals surface area (Å²) in [6.07, 6.45) is 5.17. The molecule has 1 aliphatic carbocycles. The van der Waals surface area contributed by atoms with Crippen LogP contribution in [-0.4, -0.2) is 12.6 Å². The van der Waals surface area contributed by atoms with Gasteiger partial charge in [0.15, 0.2) is 0 Å². The Labute approximate surface area is 127 Å². The highest BCUT2D eigenvalue weighted by atomic mass is 16.5. The molecule has 1 saturated carbocycles. The van der Waals surface area contributed by atoms with E-state index >= 15 is 0 Å². The first-order valence-corrected chi connectivity index (χ1v) is 8.15. The zero-order chi connectivity index (χ0) is 14.7. The van der Waals surface area contributed by atoms with E-state index in [1.54, 1.807) is 0 Å². The fourth-order valence-electron chi connectivity index (χ4n) is 3.47. The van der Waals surface area contributed by atoms with E-state index in [2.05, 4.69) is 49.4 Å². The standard InChI is InChI=1S/C19H25NO/c1-2-14-7-8-17(13-20)19(11-14)21-18-10-9-15-5-3-4-6-16(15)12-18/h3-6,9-10,12,14,17,19H,2,7-8,11,13,20H2,1H3. The third kappa shape index (κ3) is 3.21. The van der Waals surface area contributed by atoms with Gasteiger partial charge in [0.25, 0.3) is 0 Å². The Hall–Kier alpha value is -1.54. The van der Waals surface area contributed by atoms with E-state index in [4.69, 9.17) is 10.5 Å². The average Bonchev–Trinajstić information content (AvgIpc) is 2.54. The SMILES string of the molecule is CCC1CCC(CN)C(Oc2ccc3ccccc3c2)C1. The van der Waals surface area contributed by atoms with Gasteiger partial charge < -0.3 is 10.5 Å². The van der Waals surface area contributed by atoms with Gasteiger partial charge in [-0.2, -0.15) is 0 Å². The third-order valence-corrected chi connectivity index (χ3v) is 4.93. The molecule has 0 amide bonds. The molecule has 0 spiro atoms. The lowest BCUT2D eigenvalue weighted by atomic mass is 9.78. The van der Waals surface area contributed by atoms with Gasteiger partial charge in [-0.1, -0.05) is 43.7 Å². The van der Waals surface area contributed by atoms with Crippen molar-refractivity contribution in [1.29, 1.82) is 0 Å². The first-order valence-electron chi connectivity index (χ1n) is 8.15. The number of ether oxygens (including phenoxy) is 1. The molecular weight excluding hydrogens is 258 g/mol. The van der Waals surface area contributed by atoms with Crippen molar-refractivity contribution >= 4 is 10.8 Å². The quantitative estimate of drug-likeness (QED) is 0.904. The van der Waals surface area contributed by atoms with Crippen LogP contribution < -0.4 is 10.5 Å². The molecule has 0 aliphatic heterocycles. The molecule has 0 heterocycles. The Balaban J connectivity index is 1.78. The van der Waals surface area contributed by atoms with Crippen molar-refractivity contribution in [3.05, 3.63) is 42.5 Å². The Morgan fingerprint density at radius 1 is 1.10 bits per heavy atom. The maximum Gasteiger partial charge on any atom is 0.120 e. The fourth-order valence-corrected chi connectivity index (χ4v) is 3.47. The molecule has 3 atom stereocenters. The van der Waals surface area contributed by atoms with E-state index in [1.165, 1.54) is 30.0 Å². The van der Waals surface area contributed by atoms with Gasteiger partial charge in [-0.25, -0.2) is 0 Å². The predicted molar refractivity (Wildman–Crippen MR) is 88.5 cm³/mol. The van der Waals surface area contributed by atoms with Crippen molar-refractivity contribution in [2.45, 2.75) is 38.7 Å². The molecule has 1 fully saturated rings. The molecule has 0 saturated heterocycles. The van der Waals surface area contributed by atoms with E-state index in [0.717, 1.165) is 24.6 Å². The van der Waals surface area contributed by atoms with Gasteiger partial charge in [0, 0.05) is 5.92 Å². The molecule has 3 unspecified atom stereocenters. The summed E-state index contributed by atoms with van der Waals surface area (Å²) in [6, 6.07) is 14.8. The Kier molecular flexibility index (Phi) is 4.45. The largest absolute Gasteiger partial charge is 0.490 e. The Bertz CT molecular complexity index is 595. The summed E-state index contributed by atoms with van der Waals surface area (Å²) < 4.78 is 6.32. The lowest BCUT2D eigenvalue weighted by Gasteiger charge is -2.35. The van der Waals surface area contributed by atoms with Crippen molar-refractivity contribution in [1.82, 2.24) is 0 Å². The van der Waals surface area contributed by atoms with Gasteiger partial charge in [0.05, 0.1) is 0 Å². The minimum absolute atomic E-state index is 0.273. The molecule has 2 aromatic rings. The lowest BCUT2D eigenvalue weighted by molar-refractivity contribution is 0.0685. The van der Waals surface area contributed by atoms with Crippen LogP contribution in [0.25, 0.3) is 10.8 Å². The number of fused-ring (bicyclic) bond motifs is 1. The summed E-state index contributed by atoms with van der Waals surface area (Å²) in [4.78, 5) is 0. The number of hydrogen-bond donors (Lipinski definition) is 1. The van der Waals surface area contributed by atoms with E-state index in [9.17, 15) is 0 Å². The van der Waals surface area contributed by atoms with E-state index in [1.807, 2.05) is 0 Å². The molecule has 21 heavy (non-hydrogen) atoms. The van der Waals surface area contributed by atoms with E-state index in [0.29, 0.717) is 5.92 Å². The van der Waals surface area contributed by atoms with Gasteiger partial charge in [-0.3, -0.25) is 0 Å². The zero-order valence-electron chi connectivity index (χ0n) is 12.8. The molecule has 0 radical (unpaired) electrons. The van der Waals surface area contributed by atoms with Crippen LogP contribution in [0.5, 0.6) is 5.75 Å². The average molecular weight is 283 g/mol. The van der Waals surface area contributed by atoms with Crippen LogP contribution in [0.2, 0.25) is 0 Å². The second-order valence-corrected chi connectivity index (χ2v) is 6.25. The minimum atomic E-state index is 0.273. The summed E-state index contributed by atoms with van der Waals surface area (Å²) in [5, 5.41) is 2.50. The number of hydrogen-bond acceptors (Lipinski definition) is 2. The summed E-state index contributed by atoms with van der Waals surface area (Å²) in [5.74, 6) is 2.27. The third-order valence-electron chi connectivity index (χ3n) is 4.93. The molecule has 2 nitrogen and oxygen atoms in total. The smallest absolute Gasteiger partial charge is 0.120 e. The van der Waals surface area contributed by atoms with Crippen molar-refractivity contribution < 1.29 is 4.74 Å². The Morgan fingerprint density at radius 2 is 1.90 bits per heavy atom. The van der Waals surface area contributed by atoms with Gasteiger partial charge in [-0.15, -0.1) is 0 Å². The van der Waals surface area contributed by atoms with Crippen LogP contribution in [0, 0.1) is 11.8 Å². The van der Waals surface area contributed by atoms with Crippen LogP contribution >= 0.6 is 0 Å². The van der Waals surface area contributed by atoms with Crippen molar-refractivity contribution in [3.63, 3.8) is 0 Å². The van der Waals surface area contributed by atoms with Crippen LogP contribution in [0.1, 0.15) is 32.6 Å². The molecule has 112 valence electrons. The van der Waals surface area contributed by atoms with Crippen LogP contribution in [0.3, 0.4) is 0 Å². The molecule has 2 aromatic carbocycles. The van der Waals surface area contributed by atoms with Crippen molar-refractivity contribution in [2.24, 2.45) is 17.6 Å². The molecule has 0 bridgehead atoms. The number of benzene rings is 2. The number of nitrogens with two attached hydrogens (primary N) is 1. The van der Waals surface area contributed by atoms with Crippen LogP contribution in [0.4, 0.5) is 0 Å². The summed E-state index contributed by atoms with van der Waals surface area (Å²) >= 11 is 0. The van der Waals surface area contributed by atoms with E-state index < -0.39 is 0 Å².